The third-order valence-corrected chi connectivity index (χ3v) is 5.82. The Labute approximate surface area is 156 Å². The number of rotatable bonds is 4. The van der Waals surface area contributed by atoms with Crippen molar-refractivity contribution in [3.63, 3.8) is 0 Å². The van der Waals surface area contributed by atoms with E-state index in [2.05, 4.69) is 15.9 Å². The number of esters is 1. The molecule has 0 aliphatic heterocycles. The van der Waals surface area contributed by atoms with Gasteiger partial charge in [0.1, 0.15) is 0 Å². The maximum Gasteiger partial charge on any atom is 0.338 e. The van der Waals surface area contributed by atoms with Crippen LogP contribution >= 0.6 is 38.9 Å². The lowest BCUT2D eigenvalue weighted by Crippen LogP contribution is -2.10. The minimum absolute atomic E-state index is 0.0798. The Morgan fingerprint density at radius 1 is 1.21 bits per heavy atom. The average molecular weight is 424 g/mol. The Hall–Kier alpha value is -1.69. The van der Waals surface area contributed by atoms with Crippen molar-refractivity contribution in [3.05, 3.63) is 68.0 Å². The van der Waals surface area contributed by atoms with Crippen LogP contribution < -0.4 is 0 Å². The van der Waals surface area contributed by atoms with Crippen LogP contribution in [-0.2, 0) is 11.2 Å². The summed E-state index contributed by atoms with van der Waals surface area (Å²) < 4.78 is 6.54. The molecule has 2 aromatic carbocycles. The Balaban J connectivity index is 1.99. The Bertz CT molecular complexity index is 949. The molecule has 0 unspecified atom stereocenters. The van der Waals surface area contributed by atoms with Crippen LogP contribution in [0.5, 0.6) is 0 Å². The van der Waals surface area contributed by atoms with Crippen LogP contribution in [0.2, 0.25) is 5.02 Å². The number of hydrogen-bond acceptors (Lipinski definition) is 4. The number of methoxy groups -OCH3 is 1. The molecule has 0 bridgehead atoms. The summed E-state index contributed by atoms with van der Waals surface area (Å²) >= 11 is 11.1. The number of fused-ring (bicyclic) bond motifs is 1. The van der Waals surface area contributed by atoms with Crippen molar-refractivity contribution in [2.24, 2.45) is 0 Å². The van der Waals surface area contributed by atoms with Crippen LogP contribution in [0.1, 0.15) is 25.6 Å². The molecule has 0 saturated carbocycles. The smallest absolute Gasteiger partial charge is 0.338 e. The fraction of sp³-hybridized carbons (Fsp3) is 0.111. The normalized spacial score (nSPS) is 10.8. The molecule has 0 fully saturated rings. The highest BCUT2D eigenvalue weighted by Crippen LogP contribution is 2.36. The molecule has 3 rings (SSSR count). The number of hydrogen-bond donors (Lipinski definition) is 0. The second-order valence-electron chi connectivity index (χ2n) is 5.13. The maximum absolute atomic E-state index is 12.7. The molecule has 3 nitrogen and oxygen atoms in total. The van der Waals surface area contributed by atoms with Crippen LogP contribution in [0, 0.1) is 0 Å². The monoisotopic (exact) mass is 422 g/mol. The summed E-state index contributed by atoms with van der Waals surface area (Å²) in [4.78, 5) is 25.1. The number of ketones is 1. The minimum Gasteiger partial charge on any atom is -0.465 e. The van der Waals surface area contributed by atoms with E-state index in [1.807, 2.05) is 24.3 Å². The molecule has 0 saturated heterocycles. The maximum atomic E-state index is 12.7. The van der Waals surface area contributed by atoms with Gasteiger partial charge in [0.2, 0.25) is 0 Å². The van der Waals surface area contributed by atoms with E-state index in [1.165, 1.54) is 18.4 Å². The third kappa shape index (κ3) is 3.24. The van der Waals surface area contributed by atoms with Crippen molar-refractivity contribution in [2.45, 2.75) is 6.42 Å². The quantitative estimate of drug-likeness (QED) is 0.409. The molecule has 1 heterocycles. The van der Waals surface area contributed by atoms with E-state index in [9.17, 15) is 9.59 Å². The summed E-state index contributed by atoms with van der Waals surface area (Å²) in [6, 6.07) is 12.8. The van der Waals surface area contributed by atoms with Crippen molar-refractivity contribution < 1.29 is 14.3 Å². The lowest BCUT2D eigenvalue weighted by atomic mass is 10.0. The van der Waals surface area contributed by atoms with Gasteiger partial charge in [-0.2, -0.15) is 0 Å². The molecule has 0 N–H and O–H groups in total. The van der Waals surface area contributed by atoms with Crippen molar-refractivity contribution >= 4 is 60.7 Å². The summed E-state index contributed by atoms with van der Waals surface area (Å²) in [6.45, 7) is 0. The number of ether oxygens (including phenoxy) is 1. The van der Waals surface area contributed by atoms with Gasteiger partial charge in [0.25, 0.3) is 0 Å². The third-order valence-electron chi connectivity index (χ3n) is 3.61. The Morgan fingerprint density at radius 3 is 2.67 bits per heavy atom. The highest BCUT2D eigenvalue weighted by Gasteiger charge is 2.20. The number of benzene rings is 2. The Morgan fingerprint density at radius 2 is 1.96 bits per heavy atom. The first-order valence-electron chi connectivity index (χ1n) is 7.08. The molecule has 0 aliphatic carbocycles. The fourth-order valence-corrected chi connectivity index (χ4v) is 4.35. The summed E-state index contributed by atoms with van der Waals surface area (Å²) in [5.41, 5.74) is 0.987. The number of carbonyl (C=O) groups is 2. The molecule has 0 aliphatic rings. The van der Waals surface area contributed by atoms with Crippen LogP contribution in [0.4, 0.5) is 0 Å². The zero-order valence-electron chi connectivity index (χ0n) is 12.6. The molecule has 0 atom stereocenters. The largest absolute Gasteiger partial charge is 0.465 e. The van der Waals surface area contributed by atoms with Crippen LogP contribution in [0.15, 0.2) is 46.9 Å². The molecule has 0 radical (unpaired) electrons. The average Bonchev–Trinajstić information content (AvgIpc) is 2.92. The summed E-state index contributed by atoms with van der Waals surface area (Å²) in [5, 5.41) is 1.34. The highest BCUT2D eigenvalue weighted by molar-refractivity contribution is 9.10. The van der Waals surface area contributed by atoms with Crippen molar-refractivity contribution in [1.82, 2.24) is 0 Å². The summed E-state index contributed by atoms with van der Waals surface area (Å²) in [5.74, 6) is -0.586. The molecule has 1 aromatic heterocycles. The van der Waals surface area contributed by atoms with Gasteiger partial charge in [-0.1, -0.05) is 45.7 Å². The first kappa shape index (κ1) is 17.1. The van der Waals surface area contributed by atoms with E-state index < -0.39 is 5.97 Å². The molecular formula is C18H12BrClO3S. The van der Waals surface area contributed by atoms with Gasteiger partial charge < -0.3 is 4.74 Å². The predicted molar refractivity (Wildman–Crippen MR) is 100 cm³/mol. The van der Waals surface area contributed by atoms with Crippen LogP contribution in [0.3, 0.4) is 0 Å². The van der Waals surface area contributed by atoms with Crippen molar-refractivity contribution in [2.75, 3.05) is 7.11 Å². The van der Waals surface area contributed by atoms with Gasteiger partial charge in [0.15, 0.2) is 5.78 Å². The molecule has 0 amide bonds. The topological polar surface area (TPSA) is 43.4 Å². The van der Waals surface area contributed by atoms with E-state index in [1.54, 1.807) is 18.2 Å². The van der Waals surface area contributed by atoms with Gasteiger partial charge in [-0.3, -0.25) is 4.79 Å². The summed E-state index contributed by atoms with van der Waals surface area (Å²) in [7, 11) is 1.32. The van der Waals surface area contributed by atoms with Crippen molar-refractivity contribution in [3.8, 4) is 0 Å². The SMILES string of the molecule is COC(=O)c1ccc(Br)cc1CC(=O)c1sc2ccccc2c1Cl. The van der Waals surface area contributed by atoms with Gasteiger partial charge in [0, 0.05) is 21.0 Å². The highest BCUT2D eigenvalue weighted by atomic mass is 79.9. The first-order chi connectivity index (χ1) is 11.5. The number of halogens is 2. The molecule has 24 heavy (non-hydrogen) atoms. The zero-order chi connectivity index (χ0) is 17.3. The van der Waals surface area contributed by atoms with Gasteiger partial charge in [-0.05, 0) is 29.8 Å². The van der Waals surface area contributed by atoms with Crippen LogP contribution in [-0.4, -0.2) is 18.9 Å². The number of carbonyl (C=O) groups excluding carboxylic acids is 2. The first-order valence-corrected chi connectivity index (χ1v) is 9.07. The van der Waals surface area contributed by atoms with E-state index >= 15 is 0 Å². The van der Waals surface area contributed by atoms with Gasteiger partial charge in [-0.15, -0.1) is 11.3 Å². The van der Waals surface area contributed by atoms with Gasteiger partial charge in [-0.25, -0.2) is 4.79 Å². The molecule has 6 heteroatoms. The molecule has 3 aromatic rings. The van der Waals surface area contributed by atoms with E-state index in [0.29, 0.717) is 21.0 Å². The van der Waals surface area contributed by atoms with Gasteiger partial charge >= 0.3 is 5.97 Å². The van der Waals surface area contributed by atoms with Crippen LogP contribution in [0.25, 0.3) is 10.1 Å². The second-order valence-corrected chi connectivity index (χ2v) is 7.48. The molecule has 0 spiro atoms. The fourth-order valence-electron chi connectivity index (χ4n) is 2.46. The predicted octanol–water partition coefficient (Wildman–Crippen LogP) is 5.53. The van der Waals surface area contributed by atoms with E-state index in [0.717, 1.165) is 14.6 Å². The van der Waals surface area contributed by atoms with E-state index in [-0.39, 0.29) is 12.2 Å². The molecular weight excluding hydrogens is 412 g/mol. The number of Topliss-reactive ketones (excluding diaryl/α,β-unsaturated/α-hetero) is 1. The minimum atomic E-state index is -0.465. The Kier molecular flexibility index (Phi) is 5.04. The zero-order valence-corrected chi connectivity index (χ0v) is 15.8. The standard InChI is InChI=1S/C18H12BrClO3S/c1-23-18(22)12-7-6-11(19)8-10(12)9-14(21)17-16(20)13-4-2-3-5-15(13)24-17/h2-8H,9H2,1H3. The van der Waals surface area contributed by atoms with Crippen molar-refractivity contribution in [1.29, 1.82) is 0 Å². The lowest BCUT2D eigenvalue weighted by molar-refractivity contribution is 0.0599. The summed E-state index contributed by atoms with van der Waals surface area (Å²) in [6.07, 6.45) is 0.0798. The number of thiophene rings is 1. The van der Waals surface area contributed by atoms with Gasteiger partial charge in [0.05, 0.1) is 22.6 Å². The molecule has 122 valence electrons. The lowest BCUT2D eigenvalue weighted by Gasteiger charge is -2.08. The van der Waals surface area contributed by atoms with E-state index in [4.69, 9.17) is 16.3 Å². The second kappa shape index (κ2) is 7.05.